The summed E-state index contributed by atoms with van der Waals surface area (Å²) in [5.74, 6) is -0.184. The number of methoxy groups -OCH3 is 1. The molecule has 1 N–H and O–H groups in total. The van der Waals surface area contributed by atoms with Gasteiger partial charge in [-0.15, -0.1) is 0 Å². The zero-order chi connectivity index (χ0) is 14.9. The van der Waals surface area contributed by atoms with Gasteiger partial charge in [0.25, 0.3) is 0 Å². The Morgan fingerprint density at radius 1 is 1.19 bits per heavy atom. The molecule has 116 valence electrons. The van der Waals surface area contributed by atoms with Crippen LogP contribution in [0.5, 0.6) is 0 Å². The van der Waals surface area contributed by atoms with Gasteiger partial charge in [-0.2, -0.15) is 0 Å². The second-order valence-corrected chi connectivity index (χ2v) is 5.60. The van der Waals surface area contributed by atoms with E-state index in [0.29, 0.717) is 6.42 Å². The van der Waals surface area contributed by atoms with Crippen LogP contribution in [-0.4, -0.2) is 44.2 Å². The van der Waals surface area contributed by atoms with Crippen LogP contribution in [0.25, 0.3) is 0 Å². The number of hydrogen-bond donors (Lipinski definition) is 1. The van der Waals surface area contributed by atoms with E-state index in [2.05, 4.69) is 16.3 Å². The first-order valence-corrected chi connectivity index (χ1v) is 7.86. The van der Waals surface area contributed by atoms with Crippen LogP contribution in [0.2, 0.25) is 0 Å². The second kappa shape index (κ2) is 8.80. The Labute approximate surface area is 127 Å². The van der Waals surface area contributed by atoms with Crippen LogP contribution in [0, 0.1) is 0 Å². The maximum absolute atomic E-state index is 11.4. The molecule has 1 aliphatic heterocycles. The van der Waals surface area contributed by atoms with Crippen molar-refractivity contribution in [1.82, 2.24) is 10.2 Å². The Bertz CT molecular complexity index is 442. The predicted molar refractivity (Wildman–Crippen MR) is 84.2 cm³/mol. The molecule has 1 aromatic rings. The first-order valence-electron chi connectivity index (χ1n) is 7.86. The smallest absolute Gasteiger partial charge is 0.309 e. The monoisotopic (exact) mass is 290 g/mol. The molecular formula is C17H26N2O2. The van der Waals surface area contributed by atoms with Crippen molar-refractivity contribution in [3.8, 4) is 0 Å². The van der Waals surface area contributed by atoms with Gasteiger partial charge in [-0.3, -0.25) is 4.79 Å². The van der Waals surface area contributed by atoms with Gasteiger partial charge >= 0.3 is 5.97 Å². The van der Waals surface area contributed by atoms with Crippen molar-refractivity contribution < 1.29 is 9.53 Å². The van der Waals surface area contributed by atoms with Crippen molar-refractivity contribution in [2.24, 2.45) is 0 Å². The Balaban J connectivity index is 1.75. The van der Waals surface area contributed by atoms with Gasteiger partial charge in [0.2, 0.25) is 0 Å². The molecule has 0 atom stereocenters. The van der Waals surface area contributed by atoms with Crippen molar-refractivity contribution >= 4 is 5.97 Å². The minimum absolute atomic E-state index is 0.184. The number of piperidine rings is 1. The number of nitrogens with zero attached hydrogens (tertiary/aromatic N) is 1. The topological polar surface area (TPSA) is 41.6 Å². The first-order chi connectivity index (χ1) is 10.3. The van der Waals surface area contributed by atoms with E-state index in [4.69, 9.17) is 4.74 Å². The van der Waals surface area contributed by atoms with Gasteiger partial charge in [-0.05, 0) is 37.1 Å². The number of carbonyl (C=O) groups is 1. The Morgan fingerprint density at radius 3 is 2.62 bits per heavy atom. The Kier molecular flexibility index (Phi) is 6.70. The summed E-state index contributed by atoms with van der Waals surface area (Å²) in [6.07, 6.45) is 4.40. The maximum Gasteiger partial charge on any atom is 0.309 e. The molecule has 2 rings (SSSR count). The Hall–Kier alpha value is -1.39. The molecule has 1 saturated heterocycles. The molecule has 1 aliphatic rings. The van der Waals surface area contributed by atoms with Crippen molar-refractivity contribution in [3.05, 3.63) is 35.4 Å². The van der Waals surface area contributed by atoms with Gasteiger partial charge in [-0.25, -0.2) is 0 Å². The fourth-order valence-corrected chi connectivity index (χ4v) is 2.77. The van der Waals surface area contributed by atoms with Gasteiger partial charge in [0, 0.05) is 19.6 Å². The lowest BCUT2D eigenvalue weighted by Crippen LogP contribution is -2.35. The molecule has 0 aromatic heterocycles. The van der Waals surface area contributed by atoms with E-state index < -0.39 is 0 Å². The van der Waals surface area contributed by atoms with Crippen LogP contribution >= 0.6 is 0 Å². The maximum atomic E-state index is 11.4. The summed E-state index contributed by atoms with van der Waals surface area (Å²) in [4.78, 5) is 13.9. The third-order valence-electron chi connectivity index (χ3n) is 4.05. The lowest BCUT2D eigenvalue weighted by molar-refractivity contribution is -0.139. The third kappa shape index (κ3) is 5.48. The van der Waals surface area contributed by atoms with Crippen LogP contribution in [-0.2, 0) is 22.5 Å². The fraction of sp³-hybridized carbons (Fsp3) is 0.588. The predicted octanol–water partition coefficient (Wildman–Crippen LogP) is 1.98. The van der Waals surface area contributed by atoms with Crippen LogP contribution in [0.3, 0.4) is 0 Å². The molecule has 0 amide bonds. The zero-order valence-corrected chi connectivity index (χ0v) is 12.9. The van der Waals surface area contributed by atoms with E-state index in [9.17, 15) is 4.79 Å². The lowest BCUT2D eigenvalue weighted by Gasteiger charge is -2.26. The minimum Gasteiger partial charge on any atom is -0.469 e. The molecular weight excluding hydrogens is 264 g/mol. The van der Waals surface area contributed by atoms with Crippen molar-refractivity contribution in [3.63, 3.8) is 0 Å². The van der Waals surface area contributed by atoms with Gasteiger partial charge in [0.1, 0.15) is 0 Å². The summed E-state index contributed by atoms with van der Waals surface area (Å²) in [6, 6.07) is 8.06. The van der Waals surface area contributed by atoms with Crippen LogP contribution in [0.15, 0.2) is 24.3 Å². The second-order valence-electron chi connectivity index (χ2n) is 5.60. The quantitative estimate of drug-likeness (QED) is 0.616. The fourth-order valence-electron chi connectivity index (χ4n) is 2.77. The largest absolute Gasteiger partial charge is 0.469 e. The van der Waals surface area contributed by atoms with Crippen LogP contribution < -0.4 is 5.32 Å². The number of rotatable bonds is 7. The minimum atomic E-state index is -0.184. The van der Waals surface area contributed by atoms with E-state index >= 15 is 0 Å². The molecule has 4 nitrogen and oxygen atoms in total. The zero-order valence-electron chi connectivity index (χ0n) is 12.9. The number of nitrogens with one attached hydrogen (secondary N) is 1. The molecule has 0 radical (unpaired) electrons. The Morgan fingerprint density at radius 2 is 1.90 bits per heavy atom. The summed E-state index contributed by atoms with van der Waals surface area (Å²) >= 11 is 0. The highest BCUT2D eigenvalue weighted by atomic mass is 16.5. The highest BCUT2D eigenvalue weighted by molar-refractivity contribution is 5.72. The molecule has 0 aliphatic carbocycles. The molecule has 0 bridgehead atoms. The van der Waals surface area contributed by atoms with Gasteiger partial charge in [0.15, 0.2) is 0 Å². The summed E-state index contributed by atoms with van der Waals surface area (Å²) in [6.45, 7) is 5.38. The lowest BCUT2D eigenvalue weighted by atomic mass is 10.0. The molecule has 1 aromatic carbocycles. The van der Waals surface area contributed by atoms with Crippen LogP contribution in [0.4, 0.5) is 0 Å². The SMILES string of the molecule is COC(=O)Cc1ccccc1CNCCN1CCCCC1. The number of esters is 1. The molecule has 1 heterocycles. The molecule has 0 spiro atoms. The van der Waals surface area contributed by atoms with E-state index in [1.165, 1.54) is 45.0 Å². The number of likely N-dealkylation sites (tertiary alicyclic amines) is 1. The average Bonchev–Trinajstić information content (AvgIpc) is 2.54. The molecule has 4 heteroatoms. The van der Waals surface area contributed by atoms with Crippen molar-refractivity contribution in [1.29, 1.82) is 0 Å². The highest BCUT2D eigenvalue weighted by Crippen LogP contribution is 2.10. The molecule has 0 saturated carbocycles. The highest BCUT2D eigenvalue weighted by Gasteiger charge is 2.10. The molecule has 21 heavy (non-hydrogen) atoms. The average molecular weight is 290 g/mol. The van der Waals surface area contributed by atoms with Gasteiger partial charge in [-0.1, -0.05) is 30.7 Å². The summed E-state index contributed by atoms with van der Waals surface area (Å²) in [7, 11) is 1.43. The van der Waals surface area contributed by atoms with E-state index in [0.717, 1.165) is 25.2 Å². The molecule has 1 fully saturated rings. The van der Waals surface area contributed by atoms with E-state index in [-0.39, 0.29) is 5.97 Å². The number of ether oxygens (including phenoxy) is 1. The van der Waals surface area contributed by atoms with E-state index in [1.807, 2.05) is 18.2 Å². The molecule has 0 unspecified atom stereocenters. The standard InChI is InChI=1S/C17H26N2O2/c1-21-17(20)13-15-7-3-4-8-16(15)14-18-9-12-19-10-5-2-6-11-19/h3-4,7-8,18H,2,5-6,9-14H2,1H3. The van der Waals surface area contributed by atoms with Gasteiger partial charge < -0.3 is 15.0 Å². The first kappa shape index (κ1) is 16.0. The summed E-state index contributed by atoms with van der Waals surface area (Å²) in [5.41, 5.74) is 2.23. The number of carbonyl (C=O) groups excluding carboxylic acids is 1. The van der Waals surface area contributed by atoms with Crippen LogP contribution in [0.1, 0.15) is 30.4 Å². The van der Waals surface area contributed by atoms with Gasteiger partial charge in [0.05, 0.1) is 13.5 Å². The van der Waals surface area contributed by atoms with Crippen molar-refractivity contribution in [2.45, 2.75) is 32.2 Å². The summed E-state index contributed by atoms with van der Waals surface area (Å²) in [5, 5.41) is 3.49. The van der Waals surface area contributed by atoms with E-state index in [1.54, 1.807) is 0 Å². The summed E-state index contributed by atoms with van der Waals surface area (Å²) < 4.78 is 4.75. The van der Waals surface area contributed by atoms with Crippen molar-refractivity contribution in [2.75, 3.05) is 33.3 Å². The normalized spacial score (nSPS) is 15.9. The number of hydrogen-bond acceptors (Lipinski definition) is 4. The third-order valence-corrected chi connectivity index (χ3v) is 4.05. The number of benzene rings is 1.